The van der Waals surface area contributed by atoms with Gasteiger partial charge in [0, 0.05) is 25.7 Å². The van der Waals surface area contributed by atoms with Crippen LogP contribution in [0.25, 0.3) is 0 Å². The van der Waals surface area contributed by atoms with Gasteiger partial charge < -0.3 is 15.5 Å². The molecule has 3 N–H and O–H groups in total. The summed E-state index contributed by atoms with van der Waals surface area (Å²) in [5.74, 6) is 0.565. The fourth-order valence-corrected chi connectivity index (χ4v) is 1.91. The second-order valence-corrected chi connectivity index (χ2v) is 4.49. The zero-order chi connectivity index (χ0) is 10.7. The van der Waals surface area contributed by atoms with Gasteiger partial charge in [0.1, 0.15) is 0 Å². The van der Waals surface area contributed by atoms with Crippen LogP contribution in [-0.4, -0.2) is 60.0 Å². The SMILES string of the molecule is CN[C@H](CN1C[C@@H](O)[C@H](O)C1)C(C)C. The van der Waals surface area contributed by atoms with Gasteiger partial charge >= 0.3 is 0 Å². The van der Waals surface area contributed by atoms with Gasteiger partial charge in [0.05, 0.1) is 12.2 Å². The van der Waals surface area contributed by atoms with Crippen LogP contribution in [0.4, 0.5) is 0 Å². The van der Waals surface area contributed by atoms with Gasteiger partial charge in [0.15, 0.2) is 0 Å². The highest BCUT2D eigenvalue weighted by atomic mass is 16.3. The number of likely N-dealkylation sites (N-methyl/N-ethyl adjacent to an activating group) is 1. The molecule has 1 fully saturated rings. The number of aliphatic hydroxyl groups is 2. The van der Waals surface area contributed by atoms with E-state index in [0.717, 1.165) is 6.54 Å². The van der Waals surface area contributed by atoms with Crippen LogP contribution in [0.1, 0.15) is 13.8 Å². The molecule has 0 aromatic carbocycles. The smallest absolute Gasteiger partial charge is 0.0938 e. The minimum atomic E-state index is -0.570. The summed E-state index contributed by atoms with van der Waals surface area (Å²) < 4.78 is 0. The molecule has 1 saturated heterocycles. The van der Waals surface area contributed by atoms with Crippen LogP contribution >= 0.6 is 0 Å². The molecule has 0 aliphatic carbocycles. The highest BCUT2D eigenvalue weighted by Crippen LogP contribution is 2.12. The van der Waals surface area contributed by atoms with E-state index >= 15 is 0 Å². The Kier molecular flexibility index (Phi) is 4.31. The number of nitrogens with one attached hydrogen (secondary N) is 1. The van der Waals surface area contributed by atoms with Gasteiger partial charge in [-0.15, -0.1) is 0 Å². The Morgan fingerprint density at radius 2 is 1.79 bits per heavy atom. The normalized spacial score (nSPS) is 31.3. The monoisotopic (exact) mass is 202 g/mol. The summed E-state index contributed by atoms with van der Waals surface area (Å²) in [7, 11) is 1.95. The van der Waals surface area contributed by atoms with E-state index in [2.05, 4.69) is 24.1 Å². The van der Waals surface area contributed by atoms with Crippen LogP contribution in [0.3, 0.4) is 0 Å². The zero-order valence-electron chi connectivity index (χ0n) is 9.27. The van der Waals surface area contributed by atoms with Gasteiger partial charge in [-0.1, -0.05) is 13.8 Å². The third-order valence-electron chi connectivity index (χ3n) is 2.97. The molecule has 0 radical (unpaired) electrons. The van der Waals surface area contributed by atoms with Crippen molar-refractivity contribution in [2.45, 2.75) is 32.1 Å². The van der Waals surface area contributed by atoms with Crippen molar-refractivity contribution < 1.29 is 10.2 Å². The predicted molar refractivity (Wildman–Crippen MR) is 56.1 cm³/mol. The van der Waals surface area contributed by atoms with Gasteiger partial charge in [-0.05, 0) is 13.0 Å². The lowest BCUT2D eigenvalue weighted by molar-refractivity contribution is 0.0572. The molecular formula is C10H22N2O2. The van der Waals surface area contributed by atoms with Crippen molar-refractivity contribution in [2.24, 2.45) is 5.92 Å². The summed E-state index contributed by atoms with van der Waals surface area (Å²) in [6, 6.07) is 0.424. The lowest BCUT2D eigenvalue weighted by atomic mass is 10.0. The average molecular weight is 202 g/mol. The topological polar surface area (TPSA) is 55.7 Å². The summed E-state index contributed by atoms with van der Waals surface area (Å²) in [6.07, 6.45) is -1.14. The van der Waals surface area contributed by atoms with Crippen LogP contribution in [0.5, 0.6) is 0 Å². The number of hydrogen-bond donors (Lipinski definition) is 3. The molecule has 0 bridgehead atoms. The van der Waals surface area contributed by atoms with Crippen molar-refractivity contribution >= 4 is 0 Å². The van der Waals surface area contributed by atoms with Crippen LogP contribution in [0.2, 0.25) is 0 Å². The van der Waals surface area contributed by atoms with Gasteiger partial charge in [-0.2, -0.15) is 0 Å². The minimum absolute atomic E-state index is 0.424. The van der Waals surface area contributed by atoms with E-state index in [-0.39, 0.29) is 0 Å². The molecule has 4 heteroatoms. The Morgan fingerprint density at radius 1 is 1.29 bits per heavy atom. The van der Waals surface area contributed by atoms with Gasteiger partial charge in [0.25, 0.3) is 0 Å². The fourth-order valence-electron chi connectivity index (χ4n) is 1.91. The quantitative estimate of drug-likeness (QED) is 0.562. The molecule has 84 valence electrons. The second-order valence-electron chi connectivity index (χ2n) is 4.49. The highest BCUT2D eigenvalue weighted by Gasteiger charge is 2.30. The predicted octanol–water partition coefficient (Wildman–Crippen LogP) is -0.732. The van der Waals surface area contributed by atoms with Crippen molar-refractivity contribution in [3.63, 3.8) is 0 Å². The third-order valence-corrected chi connectivity index (χ3v) is 2.97. The molecule has 14 heavy (non-hydrogen) atoms. The molecule has 0 saturated carbocycles. The Bertz CT molecular complexity index is 166. The summed E-state index contributed by atoms with van der Waals surface area (Å²) in [5.41, 5.74) is 0. The van der Waals surface area contributed by atoms with Crippen molar-refractivity contribution in [1.29, 1.82) is 0 Å². The van der Waals surface area contributed by atoms with E-state index in [9.17, 15) is 10.2 Å². The molecule has 0 aromatic heterocycles. The van der Waals surface area contributed by atoms with Crippen molar-refractivity contribution in [3.05, 3.63) is 0 Å². The first-order valence-electron chi connectivity index (χ1n) is 5.30. The molecular weight excluding hydrogens is 180 g/mol. The molecule has 4 nitrogen and oxygen atoms in total. The summed E-state index contributed by atoms with van der Waals surface area (Å²) in [4.78, 5) is 2.11. The average Bonchev–Trinajstić information content (AvgIpc) is 2.41. The van der Waals surface area contributed by atoms with Gasteiger partial charge in [-0.3, -0.25) is 4.90 Å². The van der Waals surface area contributed by atoms with Crippen molar-refractivity contribution in [3.8, 4) is 0 Å². The molecule has 1 aliphatic rings. The number of rotatable bonds is 4. The van der Waals surface area contributed by atoms with E-state index in [1.165, 1.54) is 0 Å². The van der Waals surface area contributed by atoms with Crippen LogP contribution in [0.15, 0.2) is 0 Å². The lowest BCUT2D eigenvalue weighted by Crippen LogP contribution is -2.42. The van der Waals surface area contributed by atoms with Gasteiger partial charge in [-0.25, -0.2) is 0 Å². The van der Waals surface area contributed by atoms with E-state index in [1.54, 1.807) is 0 Å². The van der Waals surface area contributed by atoms with E-state index in [0.29, 0.717) is 25.0 Å². The number of hydrogen-bond acceptors (Lipinski definition) is 4. The maximum absolute atomic E-state index is 9.38. The Hall–Kier alpha value is -0.160. The maximum atomic E-state index is 9.38. The number of aliphatic hydroxyl groups excluding tert-OH is 2. The molecule has 0 spiro atoms. The Labute approximate surface area is 85.9 Å². The van der Waals surface area contributed by atoms with Gasteiger partial charge in [0.2, 0.25) is 0 Å². The van der Waals surface area contributed by atoms with Crippen LogP contribution < -0.4 is 5.32 Å². The summed E-state index contributed by atoms with van der Waals surface area (Å²) in [5, 5.41) is 22.0. The van der Waals surface area contributed by atoms with E-state index < -0.39 is 12.2 Å². The van der Waals surface area contributed by atoms with E-state index in [4.69, 9.17) is 0 Å². The molecule has 0 unspecified atom stereocenters. The Morgan fingerprint density at radius 3 is 2.14 bits per heavy atom. The maximum Gasteiger partial charge on any atom is 0.0938 e. The van der Waals surface area contributed by atoms with Crippen molar-refractivity contribution in [1.82, 2.24) is 10.2 Å². The standard InChI is InChI=1S/C10H22N2O2/c1-7(2)8(11-3)4-12-5-9(13)10(14)6-12/h7-11,13-14H,4-6H2,1-3H3/t8-,9-,10-/m1/s1. The van der Waals surface area contributed by atoms with Crippen LogP contribution in [0, 0.1) is 5.92 Å². The second kappa shape index (κ2) is 5.07. The first kappa shape index (κ1) is 11.9. The largest absolute Gasteiger partial charge is 0.389 e. The van der Waals surface area contributed by atoms with Crippen LogP contribution in [-0.2, 0) is 0 Å². The summed E-state index contributed by atoms with van der Waals surface area (Å²) in [6.45, 7) is 6.41. The Balaban J connectivity index is 2.37. The minimum Gasteiger partial charge on any atom is -0.389 e. The van der Waals surface area contributed by atoms with Crippen molar-refractivity contribution in [2.75, 3.05) is 26.7 Å². The molecule has 1 heterocycles. The number of likely N-dealkylation sites (tertiary alicyclic amines) is 1. The summed E-state index contributed by atoms with van der Waals surface area (Å²) >= 11 is 0. The highest BCUT2D eigenvalue weighted by molar-refractivity contribution is 4.86. The first-order chi connectivity index (χ1) is 6.54. The molecule has 1 rings (SSSR count). The molecule has 0 aromatic rings. The number of β-amino-alcohol motifs (C(OH)–C–C–N with tert-alkyl or cyclic N) is 2. The van der Waals surface area contributed by atoms with E-state index in [1.807, 2.05) is 7.05 Å². The fraction of sp³-hybridized carbons (Fsp3) is 1.00. The lowest BCUT2D eigenvalue weighted by Gasteiger charge is -2.25. The first-order valence-corrected chi connectivity index (χ1v) is 5.30. The third kappa shape index (κ3) is 2.92. The zero-order valence-corrected chi connectivity index (χ0v) is 9.27. The molecule has 1 aliphatic heterocycles. The molecule has 3 atom stereocenters. The molecule has 0 amide bonds. The number of nitrogens with zero attached hydrogens (tertiary/aromatic N) is 1.